The highest BCUT2D eigenvalue weighted by molar-refractivity contribution is 6.03. The lowest BCUT2D eigenvalue weighted by Crippen LogP contribution is -2.22. The summed E-state index contributed by atoms with van der Waals surface area (Å²) in [7, 11) is 1.60. The van der Waals surface area contributed by atoms with Gasteiger partial charge in [0, 0.05) is 11.0 Å². The summed E-state index contributed by atoms with van der Waals surface area (Å²) in [5, 5.41) is 12.5. The van der Waals surface area contributed by atoms with Gasteiger partial charge in [0.25, 0.3) is 0 Å². The SMILES string of the molecule is COc1ccc(/C(=N\OCC(=O)O)C(C)(C)C)cc1. The fraction of sp³-hybridized carbons (Fsp3) is 0.429. The Hall–Kier alpha value is -2.04. The maximum Gasteiger partial charge on any atom is 0.344 e. The van der Waals surface area contributed by atoms with Crippen LogP contribution in [0.2, 0.25) is 0 Å². The summed E-state index contributed by atoms with van der Waals surface area (Å²) in [6.45, 7) is 5.51. The minimum atomic E-state index is -1.05. The molecule has 104 valence electrons. The molecule has 1 aromatic rings. The smallest absolute Gasteiger partial charge is 0.344 e. The number of carboxylic acid groups (broad SMARTS) is 1. The van der Waals surface area contributed by atoms with Crippen LogP contribution in [0.5, 0.6) is 5.75 Å². The van der Waals surface area contributed by atoms with E-state index in [1.807, 2.05) is 45.0 Å². The lowest BCUT2D eigenvalue weighted by Gasteiger charge is -2.21. The van der Waals surface area contributed by atoms with Crippen LogP contribution in [-0.4, -0.2) is 30.5 Å². The summed E-state index contributed by atoms with van der Waals surface area (Å²) in [6.07, 6.45) is 0. The van der Waals surface area contributed by atoms with Gasteiger partial charge >= 0.3 is 5.97 Å². The van der Waals surface area contributed by atoms with E-state index in [1.165, 1.54) is 0 Å². The second-order valence-electron chi connectivity index (χ2n) is 5.09. The van der Waals surface area contributed by atoms with Crippen LogP contribution in [0.15, 0.2) is 29.4 Å². The molecule has 0 heterocycles. The summed E-state index contributed by atoms with van der Waals surface area (Å²) in [6, 6.07) is 7.39. The van der Waals surface area contributed by atoms with Gasteiger partial charge in [-0.25, -0.2) is 4.79 Å². The van der Waals surface area contributed by atoms with Gasteiger partial charge in [-0.2, -0.15) is 0 Å². The Bertz CT molecular complexity index is 457. The molecule has 0 spiro atoms. The summed E-state index contributed by atoms with van der Waals surface area (Å²) < 4.78 is 5.10. The molecule has 0 amide bonds. The standard InChI is InChI=1S/C14H19NO4/c1-14(2,3)13(15-19-9-12(16)17)10-5-7-11(18-4)8-6-10/h5-8H,9H2,1-4H3,(H,16,17)/b15-13+. The van der Waals surface area contributed by atoms with E-state index in [2.05, 4.69) is 5.16 Å². The molecule has 0 aliphatic heterocycles. The first kappa shape index (κ1) is 15.0. The fourth-order valence-corrected chi connectivity index (χ4v) is 1.52. The molecule has 0 saturated carbocycles. The minimum absolute atomic E-state index is 0.257. The monoisotopic (exact) mass is 265 g/mol. The first-order valence-electron chi connectivity index (χ1n) is 5.91. The second kappa shape index (κ2) is 6.22. The highest BCUT2D eigenvalue weighted by atomic mass is 16.6. The Morgan fingerprint density at radius 2 is 1.84 bits per heavy atom. The number of nitrogens with zero attached hydrogens (tertiary/aromatic N) is 1. The molecule has 1 rings (SSSR count). The molecule has 0 aliphatic rings. The summed E-state index contributed by atoms with van der Waals surface area (Å²) in [5.41, 5.74) is 1.31. The van der Waals surface area contributed by atoms with Crippen LogP contribution >= 0.6 is 0 Å². The van der Waals surface area contributed by atoms with Gasteiger partial charge in [-0.3, -0.25) is 0 Å². The number of ether oxygens (including phenoxy) is 1. The van der Waals surface area contributed by atoms with Crippen LogP contribution in [0, 0.1) is 5.41 Å². The Kier molecular flexibility index (Phi) is 4.92. The van der Waals surface area contributed by atoms with Crippen molar-refractivity contribution >= 4 is 11.7 Å². The zero-order valence-corrected chi connectivity index (χ0v) is 11.6. The van der Waals surface area contributed by atoms with Crippen molar-refractivity contribution in [1.29, 1.82) is 0 Å². The number of rotatable bonds is 5. The van der Waals surface area contributed by atoms with E-state index in [1.54, 1.807) is 7.11 Å². The van der Waals surface area contributed by atoms with Crippen LogP contribution in [-0.2, 0) is 9.63 Å². The zero-order valence-electron chi connectivity index (χ0n) is 11.6. The van der Waals surface area contributed by atoms with E-state index in [0.717, 1.165) is 11.3 Å². The van der Waals surface area contributed by atoms with Gasteiger partial charge in [0.05, 0.1) is 12.8 Å². The van der Waals surface area contributed by atoms with E-state index >= 15 is 0 Å². The highest BCUT2D eigenvalue weighted by Gasteiger charge is 2.22. The quantitative estimate of drug-likeness (QED) is 0.656. The molecule has 0 atom stereocenters. The number of aliphatic carboxylic acids is 1. The Morgan fingerprint density at radius 3 is 2.26 bits per heavy atom. The van der Waals surface area contributed by atoms with Gasteiger partial charge in [-0.15, -0.1) is 0 Å². The van der Waals surface area contributed by atoms with Crippen molar-refractivity contribution < 1.29 is 19.5 Å². The van der Waals surface area contributed by atoms with Crippen LogP contribution in [0.25, 0.3) is 0 Å². The number of carboxylic acids is 1. The largest absolute Gasteiger partial charge is 0.497 e. The molecule has 0 unspecified atom stereocenters. The van der Waals surface area contributed by atoms with Crippen molar-refractivity contribution in [3.63, 3.8) is 0 Å². The van der Waals surface area contributed by atoms with Crippen molar-refractivity contribution in [3.05, 3.63) is 29.8 Å². The molecule has 1 aromatic carbocycles. The molecular formula is C14H19NO4. The second-order valence-corrected chi connectivity index (χ2v) is 5.09. The molecule has 19 heavy (non-hydrogen) atoms. The highest BCUT2D eigenvalue weighted by Crippen LogP contribution is 2.23. The lowest BCUT2D eigenvalue weighted by atomic mass is 9.86. The van der Waals surface area contributed by atoms with Gasteiger partial charge in [0.15, 0.2) is 0 Å². The number of hydrogen-bond donors (Lipinski definition) is 1. The third-order valence-electron chi connectivity index (χ3n) is 2.42. The predicted molar refractivity (Wildman–Crippen MR) is 72.6 cm³/mol. The van der Waals surface area contributed by atoms with E-state index in [4.69, 9.17) is 14.7 Å². The van der Waals surface area contributed by atoms with Gasteiger partial charge in [-0.1, -0.05) is 25.9 Å². The normalized spacial score (nSPS) is 12.1. The lowest BCUT2D eigenvalue weighted by molar-refractivity contribution is -0.142. The molecular weight excluding hydrogens is 246 g/mol. The topological polar surface area (TPSA) is 68.1 Å². The molecule has 1 N–H and O–H groups in total. The summed E-state index contributed by atoms with van der Waals surface area (Å²) in [4.78, 5) is 15.3. The van der Waals surface area contributed by atoms with Gasteiger partial charge < -0.3 is 14.7 Å². The minimum Gasteiger partial charge on any atom is -0.497 e. The molecule has 0 fully saturated rings. The Balaban J connectivity index is 2.99. The van der Waals surface area contributed by atoms with Gasteiger partial charge in [0.1, 0.15) is 5.75 Å². The van der Waals surface area contributed by atoms with Gasteiger partial charge in [0.2, 0.25) is 6.61 Å². The average Bonchev–Trinajstić information content (AvgIpc) is 2.33. The maximum atomic E-state index is 10.4. The fourth-order valence-electron chi connectivity index (χ4n) is 1.52. The average molecular weight is 265 g/mol. The van der Waals surface area contributed by atoms with Crippen LogP contribution < -0.4 is 4.74 Å². The van der Waals surface area contributed by atoms with E-state index in [0.29, 0.717) is 5.71 Å². The van der Waals surface area contributed by atoms with Crippen LogP contribution in [0.4, 0.5) is 0 Å². The van der Waals surface area contributed by atoms with Crippen molar-refractivity contribution in [2.75, 3.05) is 13.7 Å². The van der Waals surface area contributed by atoms with E-state index in [9.17, 15) is 4.79 Å². The summed E-state index contributed by atoms with van der Waals surface area (Å²) >= 11 is 0. The van der Waals surface area contributed by atoms with E-state index in [-0.39, 0.29) is 5.41 Å². The van der Waals surface area contributed by atoms with Crippen molar-refractivity contribution in [1.82, 2.24) is 0 Å². The molecule has 0 saturated heterocycles. The number of methoxy groups -OCH3 is 1. The van der Waals surface area contributed by atoms with Gasteiger partial charge in [-0.05, 0) is 24.3 Å². The molecule has 0 bridgehead atoms. The predicted octanol–water partition coefficient (Wildman–Crippen LogP) is 2.55. The molecule has 0 aliphatic carbocycles. The Morgan fingerprint density at radius 1 is 1.26 bits per heavy atom. The first-order valence-corrected chi connectivity index (χ1v) is 5.91. The maximum absolute atomic E-state index is 10.4. The van der Waals surface area contributed by atoms with Crippen LogP contribution in [0.3, 0.4) is 0 Å². The first-order chi connectivity index (χ1) is 8.84. The third-order valence-corrected chi connectivity index (χ3v) is 2.42. The molecule has 5 heteroatoms. The molecule has 5 nitrogen and oxygen atoms in total. The van der Waals surface area contributed by atoms with Crippen LogP contribution in [0.1, 0.15) is 26.3 Å². The molecule has 0 aromatic heterocycles. The molecule has 0 radical (unpaired) electrons. The van der Waals surface area contributed by atoms with Crippen molar-refractivity contribution in [2.45, 2.75) is 20.8 Å². The van der Waals surface area contributed by atoms with E-state index < -0.39 is 12.6 Å². The summed E-state index contributed by atoms with van der Waals surface area (Å²) in [5.74, 6) is -0.296. The van der Waals surface area contributed by atoms with Crippen molar-refractivity contribution in [2.24, 2.45) is 10.6 Å². The number of carbonyl (C=O) groups is 1. The number of oxime groups is 1. The zero-order chi connectivity index (χ0) is 14.5. The van der Waals surface area contributed by atoms with Crippen molar-refractivity contribution in [3.8, 4) is 5.75 Å². The third kappa shape index (κ3) is 4.62. The number of hydrogen-bond acceptors (Lipinski definition) is 4. The Labute approximate surface area is 112 Å². The number of benzene rings is 1.